The summed E-state index contributed by atoms with van der Waals surface area (Å²) in [5.41, 5.74) is 10.1. The van der Waals surface area contributed by atoms with Crippen LogP contribution in [0.2, 0.25) is 0 Å². The SMILES string of the molecule is CC(C)(C)OC(=O)N1C[C@@H](C(=O)Nc2cccc3cnccc23)[C@H](c2ccccc2)C1.CC(C)(C)OC(=O)N1C[C@@H](C(=O)O)[C@H](c2ccccc2)C1.Nc1cccc2cnccc12.O=C(Nc1cccc2cnccc12)[C@@H]1CNC[C@H]1c1ccccc1. The van der Waals surface area contributed by atoms with Crippen LogP contribution in [-0.2, 0) is 23.9 Å². The molecule has 0 radical (unpaired) electrons. The van der Waals surface area contributed by atoms with Crippen molar-refractivity contribution in [1.29, 1.82) is 0 Å². The van der Waals surface area contributed by atoms with Gasteiger partial charge in [-0.1, -0.05) is 127 Å². The first kappa shape index (κ1) is 61.8. The molecule has 3 aliphatic heterocycles. The average Bonchev–Trinajstić information content (AvgIpc) is 2.31. The predicted molar refractivity (Wildman–Crippen MR) is 341 cm³/mol. The molecular weight excluding hydrogens is 1090 g/mol. The minimum Gasteiger partial charge on any atom is -0.481 e. The van der Waals surface area contributed by atoms with Crippen LogP contribution in [0, 0.1) is 17.8 Å². The number of aromatic nitrogens is 3. The molecule has 12 rings (SSSR count). The zero-order chi connectivity index (χ0) is 61.7. The minimum atomic E-state index is -0.880. The first-order chi connectivity index (χ1) is 41.8. The van der Waals surface area contributed by atoms with E-state index in [4.69, 9.17) is 15.2 Å². The summed E-state index contributed by atoms with van der Waals surface area (Å²) in [5.74, 6) is -2.06. The number of nitrogens with one attached hydrogen (secondary N) is 3. The molecule has 17 heteroatoms. The molecule has 4 amide bonds. The number of carbonyl (C=O) groups excluding carboxylic acids is 4. The summed E-state index contributed by atoms with van der Waals surface area (Å²) in [5, 5.41) is 25.1. The maximum Gasteiger partial charge on any atom is 0.410 e. The van der Waals surface area contributed by atoms with Crippen molar-refractivity contribution in [1.82, 2.24) is 30.1 Å². The van der Waals surface area contributed by atoms with Gasteiger partial charge in [0.2, 0.25) is 11.8 Å². The zero-order valence-corrected chi connectivity index (χ0v) is 49.9. The number of aliphatic carboxylic acids is 1. The van der Waals surface area contributed by atoms with Crippen molar-refractivity contribution in [2.75, 3.05) is 55.6 Å². The highest BCUT2D eigenvalue weighted by atomic mass is 16.6. The van der Waals surface area contributed by atoms with Gasteiger partial charge in [0.25, 0.3) is 0 Å². The highest BCUT2D eigenvalue weighted by molar-refractivity contribution is 6.04. The second-order valence-electron chi connectivity index (χ2n) is 23.9. The first-order valence-electron chi connectivity index (χ1n) is 29.2. The van der Waals surface area contributed by atoms with Crippen LogP contribution in [0.3, 0.4) is 0 Å². The third-order valence-electron chi connectivity index (χ3n) is 15.4. The van der Waals surface area contributed by atoms with Crippen molar-refractivity contribution >= 4 is 79.3 Å². The highest BCUT2D eigenvalue weighted by Gasteiger charge is 2.43. The number of carbonyl (C=O) groups is 5. The molecule has 17 nitrogen and oxygen atoms in total. The van der Waals surface area contributed by atoms with Gasteiger partial charge in [-0.3, -0.25) is 29.3 Å². The molecule has 3 saturated heterocycles. The molecule has 0 aliphatic carbocycles. The van der Waals surface area contributed by atoms with Gasteiger partial charge in [0.15, 0.2) is 0 Å². The lowest BCUT2D eigenvalue weighted by atomic mass is 9.88. The molecule has 0 saturated carbocycles. The van der Waals surface area contributed by atoms with Crippen molar-refractivity contribution < 1.29 is 38.6 Å². The van der Waals surface area contributed by atoms with E-state index in [-0.39, 0.29) is 54.0 Å². The number of carboxylic acids is 1. The summed E-state index contributed by atoms with van der Waals surface area (Å²) in [6.45, 7) is 13.8. The summed E-state index contributed by atoms with van der Waals surface area (Å²) in [7, 11) is 0. The Hall–Kier alpha value is -9.74. The largest absolute Gasteiger partial charge is 0.481 e. The van der Waals surface area contributed by atoms with Crippen LogP contribution in [0.4, 0.5) is 26.7 Å². The van der Waals surface area contributed by atoms with Crippen LogP contribution in [0.5, 0.6) is 0 Å². The smallest absolute Gasteiger partial charge is 0.410 e. The van der Waals surface area contributed by atoms with E-state index in [1.54, 1.807) is 50.5 Å². The fourth-order valence-electron chi connectivity index (χ4n) is 11.2. The number of carboxylic acid groups (broad SMARTS) is 1. The number of nitrogens with two attached hydrogens (primary N) is 1. The van der Waals surface area contributed by atoms with E-state index in [0.717, 1.165) is 67.1 Å². The quantitative estimate of drug-likeness (QED) is 0.0893. The van der Waals surface area contributed by atoms with Gasteiger partial charge in [-0.05, 0) is 94.6 Å². The van der Waals surface area contributed by atoms with Crippen LogP contribution in [0.15, 0.2) is 201 Å². The number of nitrogens with zero attached hydrogens (tertiary/aromatic N) is 5. The number of pyridine rings is 3. The Kier molecular flexibility index (Phi) is 19.9. The monoisotopic (exact) mass is 1170 g/mol. The Labute approximate surface area is 507 Å². The van der Waals surface area contributed by atoms with E-state index in [1.165, 1.54) is 10.5 Å². The maximum atomic E-state index is 13.4. The number of nitrogen functional groups attached to an aromatic ring is 1. The van der Waals surface area contributed by atoms with E-state index in [9.17, 15) is 29.1 Å². The van der Waals surface area contributed by atoms with Gasteiger partial charge in [-0.25, -0.2) is 9.59 Å². The van der Waals surface area contributed by atoms with E-state index in [0.29, 0.717) is 26.2 Å². The fraction of sp³-hybridized carbons (Fsp3) is 0.286. The van der Waals surface area contributed by atoms with Crippen molar-refractivity contribution in [3.63, 3.8) is 0 Å². The van der Waals surface area contributed by atoms with Gasteiger partial charge >= 0.3 is 18.2 Å². The lowest BCUT2D eigenvalue weighted by Crippen LogP contribution is -2.36. The summed E-state index contributed by atoms with van der Waals surface area (Å²) in [4.78, 5) is 78.0. The van der Waals surface area contributed by atoms with E-state index < -0.39 is 29.2 Å². The Morgan fingerprint density at radius 2 is 0.862 bits per heavy atom. The second kappa shape index (κ2) is 28.0. The molecule has 448 valence electrons. The molecule has 3 aliphatic rings. The van der Waals surface area contributed by atoms with Crippen LogP contribution >= 0.6 is 0 Å². The number of amides is 4. The van der Waals surface area contributed by atoms with Crippen LogP contribution in [0.1, 0.15) is 76.0 Å². The van der Waals surface area contributed by atoms with Crippen molar-refractivity contribution in [2.45, 2.75) is 70.5 Å². The number of rotatable bonds is 8. The van der Waals surface area contributed by atoms with Crippen molar-refractivity contribution in [2.24, 2.45) is 17.8 Å². The standard InChI is InChI=1S/C25H27N3O3.C20H19N3O.C16H21NO4.C9H8N2/c1-25(2,3)31-24(30)28-15-20(17-8-5-4-6-9-17)21(16-28)23(29)27-22-11-7-10-18-14-26-13-12-19(18)22;24-20(18-13-22-12-17(18)14-5-2-1-3-6-14)23-19-8-4-7-15-11-21-10-9-16(15)19;1-16(2,3)21-15(20)17-9-12(13(10-17)14(18)19)11-7-5-4-6-8-11;10-9-3-1-2-7-6-11-5-4-8(7)9/h4-14,20-21H,15-16H2,1-3H3,(H,27,29);1-11,17-18,22H,12-13H2,(H,23,24);4-8,12-13H,9-10H2,1-3H3,(H,18,19);1-6H,10H2/t20-,21+;17-,18+;12-,13+;/m000./s1. The third kappa shape index (κ3) is 16.2. The Balaban J connectivity index is 0.000000145. The zero-order valence-electron chi connectivity index (χ0n) is 49.9. The summed E-state index contributed by atoms with van der Waals surface area (Å²) in [6.07, 6.45) is 9.77. The Morgan fingerprint density at radius 1 is 0.471 bits per heavy atom. The lowest BCUT2D eigenvalue weighted by molar-refractivity contribution is -0.141. The summed E-state index contributed by atoms with van der Waals surface area (Å²) < 4.78 is 10.9. The van der Waals surface area contributed by atoms with Gasteiger partial charge in [-0.15, -0.1) is 0 Å². The second-order valence-corrected chi connectivity index (χ2v) is 23.9. The normalized spacial score (nSPS) is 18.9. The third-order valence-corrected chi connectivity index (χ3v) is 15.4. The molecule has 6 N–H and O–H groups in total. The number of hydrogen-bond donors (Lipinski definition) is 5. The topological polar surface area (TPSA) is 231 Å². The molecule has 6 heterocycles. The fourth-order valence-corrected chi connectivity index (χ4v) is 11.2. The Morgan fingerprint density at radius 3 is 1.30 bits per heavy atom. The average molecular weight is 1170 g/mol. The Bertz CT molecular complexity index is 3810. The summed E-state index contributed by atoms with van der Waals surface area (Å²) in [6, 6.07) is 52.8. The van der Waals surface area contributed by atoms with Gasteiger partial charge in [-0.2, -0.15) is 0 Å². The van der Waals surface area contributed by atoms with Crippen molar-refractivity contribution in [3.05, 3.63) is 218 Å². The molecule has 9 aromatic rings. The number of anilines is 3. The number of fused-ring (bicyclic) bond motifs is 3. The van der Waals surface area contributed by atoms with E-state index >= 15 is 0 Å². The van der Waals surface area contributed by atoms with Crippen molar-refractivity contribution in [3.8, 4) is 0 Å². The molecule has 0 spiro atoms. The predicted octanol–water partition coefficient (Wildman–Crippen LogP) is 12.5. The van der Waals surface area contributed by atoms with Gasteiger partial charge in [0.05, 0.1) is 17.8 Å². The molecule has 0 bridgehead atoms. The molecular formula is C70H75N9O8. The van der Waals surface area contributed by atoms with Crippen LogP contribution < -0.4 is 21.7 Å². The first-order valence-corrected chi connectivity index (χ1v) is 29.2. The van der Waals surface area contributed by atoms with E-state index in [2.05, 4.69) is 43.0 Å². The maximum absolute atomic E-state index is 13.4. The van der Waals surface area contributed by atoms with Crippen LogP contribution in [-0.4, -0.2) is 110 Å². The van der Waals surface area contributed by atoms with E-state index in [1.807, 2.05) is 185 Å². The number of likely N-dealkylation sites (tertiary alicyclic amines) is 2. The molecule has 6 aromatic carbocycles. The molecule has 3 aromatic heterocycles. The number of benzene rings is 6. The highest BCUT2D eigenvalue weighted by Crippen LogP contribution is 2.37. The summed E-state index contributed by atoms with van der Waals surface area (Å²) >= 11 is 0. The molecule has 0 unspecified atom stereocenters. The molecule has 87 heavy (non-hydrogen) atoms. The van der Waals surface area contributed by atoms with Crippen LogP contribution in [0.25, 0.3) is 32.3 Å². The van der Waals surface area contributed by atoms with Gasteiger partial charge in [0, 0.05) is 144 Å². The number of hydrogen-bond acceptors (Lipinski definition) is 12. The lowest BCUT2D eigenvalue weighted by Gasteiger charge is -2.24. The molecule has 6 atom stereocenters. The minimum absolute atomic E-state index is 0.0653. The molecule has 3 fully saturated rings. The van der Waals surface area contributed by atoms with Gasteiger partial charge < -0.3 is 46.1 Å². The van der Waals surface area contributed by atoms with Gasteiger partial charge in [0.1, 0.15) is 11.2 Å². The number of ether oxygens (including phenoxy) is 2.